The lowest BCUT2D eigenvalue weighted by molar-refractivity contribution is -0.126. The number of nitrogens with one attached hydrogen (secondary N) is 1. The molecule has 0 radical (unpaired) electrons. The van der Waals surface area contributed by atoms with Crippen LogP contribution in [0.2, 0.25) is 0 Å². The van der Waals surface area contributed by atoms with E-state index in [9.17, 15) is 14.0 Å². The van der Waals surface area contributed by atoms with Crippen LogP contribution < -0.4 is 15.0 Å². The van der Waals surface area contributed by atoms with Crippen LogP contribution in [0, 0.1) is 5.82 Å². The molecule has 0 spiro atoms. The van der Waals surface area contributed by atoms with E-state index in [2.05, 4.69) is 5.32 Å². The first kappa shape index (κ1) is 16.0. The standard InChI is InChI=1S/C18H17FN2O3/c19-14-5-7-15(8-6-14)24-12-17(22)20-11-18(23)21-10-9-13-3-1-2-4-16(13)21/h1-8H,9-12H2,(H,20,22). The zero-order valence-corrected chi connectivity index (χ0v) is 13.0. The number of halogens is 1. The van der Waals surface area contributed by atoms with E-state index in [1.54, 1.807) is 4.90 Å². The average molecular weight is 328 g/mol. The van der Waals surface area contributed by atoms with Crippen molar-refractivity contribution in [2.75, 3.05) is 24.6 Å². The molecular weight excluding hydrogens is 311 g/mol. The van der Waals surface area contributed by atoms with Crippen molar-refractivity contribution in [3.05, 3.63) is 59.9 Å². The van der Waals surface area contributed by atoms with Gasteiger partial charge >= 0.3 is 0 Å². The molecule has 2 aromatic rings. The monoisotopic (exact) mass is 328 g/mol. The van der Waals surface area contributed by atoms with Crippen molar-refractivity contribution < 1.29 is 18.7 Å². The predicted molar refractivity (Wildman–Crippen MR) is 87.4 cm³/mol. The van der Waals surface area contributed by atoms with Gasteiger partial charge in [-0.05, 0) is 42.3 Å². The molecule has 0 saturated carbocycles. The summed E-state index contributed by atoms with van der Waals surface area (Å²) in [6.45, 7) is 0.315. The predicted octanol–water partition coefficient (Wildman–Crippen LogP) is 1.91. The highest BCUT2D eigenvalue weighted by atomic mass is 19.1. The van der Waals surface area contributed by atoms with Crippen molar-refractivity contribution in [1.82, 2.24) is 5.32 Å². The molecule has 1 N–H and O–H groups in total. The van der Waals surface area contributed by atoms with E-state index in [4.69, 9.17) is 4.74 Å². The number of hydrogen-bond acceptors (Lipinski definition) is 3. The van der Waals surface area contributed by atoms with Crippen LogP contribution in [0.25, 0.3) is 0 Å². The van der Waals surface area contributed by atoms with E-state index in [1.165, 1.54) is 24.3 Å². The molecule has 0 aliphatic carbocycles. The summed E-state index contributed by atoms with van der Waals surface area (Å²) in [5, 5.41) is 2.54. The minimum Gasteiger partial charge on any atom is -0.484 e. The van der Waals surface area contributed by atoms with Crippen LogP contribution in [0.15, 0.2) is 48.5 Å². The fourth-order valence-corrected chi connectivity index (χ4v) is 2.60. The molecule has 1 aliphatic rings. The van der Waals surface area contributed by atoms with Gasteiger partial charge < -0.3 is 15.0 Å². The quantitative estimate of drug-likeness (QED) is 0.912. The van der Waals surface area contributed by atoms with Crippen LogP contribution in [0.1, 0.15) is 5.56 Å². The summed E-state index contributed by atoms with van der Waals surface area (Å²) in [6.07, 6.45) is 0.823. The van der Waals surface area contributed by atoms with Crippen molar-refractivity contribution in [1.29, 1.82) is 0 Å². The molecular formula is C18H17FN2O3. The molecule has 6 heteroatoms. The summed E-state index contributed by atoms with van der Waals surface area (Å²) in [5.74, 6) is -0.537. The molecule has 2 aromatic carbocycles. The van der Waals surface area contributed by atoms with Gasteiger partial charge in [0.2, 0.25) is 5.91 Å². The number of carbonyl (C=O) groups excluding carboxylic acids is 2. The number of anilines is 1. The Morgan fingerprint density at radius 1 is 1.12 bits per heavy atom. The van der Waals surface area contributed by atoms with Crippen LogP contribution in [0.3, 0.4) is 0 Å². The third kappa shape index (κ3) is 3.71. The molecule has 5 nitrogen and oxygen atoms in total. The molecule has 0 saturated heterocycles. The van der Waals surface area contributed by atoms with Gasteiger partial charge in [0.15, 0.2) is 6.61 Å². The van der Waals surface area contributed by atoms with Gasteiger partial charge in [0.1, 0.15) is 11.6 Å². The number of amides is 2. The average Bonchev–Trinajstić information content (AvgIpc) is 3.03. The van der Waals surface area contributed by atoms with Gasteiger partial charge in [-0.25, -0.2) is 4.39 Å². The number of carbonyl (C=O) groups is 2. The Morgan fingerprint density at radius 2 is 1.88 bits per heavy atom. The Morgan fingerprint density at radius 3 is 2.67 bits per heavy atom. The maximum Gasteiger partial charge on any atom is 0.258 e. The summed E-state index contributed by atoms with van der Waals surface area (Å²) >= 11 is 0. The number of hydrogen-bond donors (Lipinski definition) is 1. The highest BCUT2D eigenvalue weighted by Crippen LogP contribution is 2.27. The fourth-order valence-electron chi connectivity index (χ4n) is 2.60. The van der Waals surface area contributed by atoms with Crippen molar-refractivity contribution >= 4 is 17.5 Å². The van der Waals surface area contributed by atoms with Crippen LogP contribution in [-0.4, -0.2) is 31.5 Å². The second-order valence-electron chi connectivity index (χ2n) is 5.44. The zero-order valence-electron chi connectivity index (χ0n) is 13.0. The number of nitrogens with zero attached hydrogens (tertiary/aromatic N) is 1. The summed E-state index contributed by atoms with van der Waals surface area (Å²) in [4.78, 5) is 25.7. The molecule has 0 atom stereocenters. The fraction of sp³-hybridized carbons (Fsp3) is 0.222. The summed E-state index contributed by atoms with van der Waals surface area (Å²) < 4.78 is 18.0. The lowest BCUT2D eigenvalue weighted by Crippen LogP contribution is -2.40. The summed E-state index contributed by atoms with van der Waals surface area (Å²) in [5.41, 5.74) is 2.04. The lowest BCUT2D eigenvalue weighted by atomic mass is 10.2. The van der Waals surface area contributed by atoms with E-state index in [1.807, 2.05) is 24.3 Å². The van der Waals surface area contributed by atoms with E-state index < -0.39 is 5.91 Å². The second kappa shape index (κ2) is 7.12. The first-order valence-electron chi connectivity index (χ1n) is 7.67. The second-order valence-corrected chi connectivity index (χ2v) is 5.44. The number of para-hydroxylation sites is 1. The molecule has 3 rings (SSSR count). The smallest absolute Gasteiger partial charge is 0.258 e. The van der Waals surface area contributed by atoms with Gasteiger partial charge in [0, 0.05) is 12.2 Å². The largest absolute Gasteiger partial charge is 0.484 e. The van der Waals surface area contributed by atoms with E-state index in [0.29, 0.717) is 12.3 Å². The number of benzene rings is 2. The number of ether oxygens (including phenoxy) is 1. The molecule has 1 heterocycles. The molecule has 0 aromatic heterocycles. The van der Waals surface area contributed by atoms with Gasteiger partial charge in [-0.3, -0.25) is 9.59 Å². The Bertz CT molecular complexity index is 746. The van der Waals surface area contributed by atoms with Gasteiger partial charge in [-0.2, -0.15) is 0 Å². The van der Waals surface area contributed by atoms with Crippen molar-refractivity contribution in [3.63, 3.8) is 0 Å². The number of rotatable bonds is 5. The molecule has 24 heavy (non-hydrogen) atoms. The van der Waals surface area contributed by atoms with Crippen LogP contribution >= 0.6 is 0 Å². The lowest BCUT2D eigenvalue weighted by Gasteiger charge is -2.17. The minimum absolute atomic E-state index is 0.0834. The third-order valence-corrected chi connectivity index (χ3v) is 3.81. The summed E-state index contributed by atoms with van der Waals surface area (Å²) in [6, 6.07) is 13.1. The normalized spacial score (nSPS) is 12.6. The Balaban J connectivity index is 1.46. The molecule has 2 amide bonds. The van der Waals surface area contributed by atoms with Crippen molar-refractivity contribution in [3.8, 4) is 5.75 Å². The van der Waals surface area contributed by atoms with E-state index in [-0.39, 0.29) is 24.9 Å². The van der Waals surface area contributed by atoms with Gasteiger partial charge in [-0.1, -0.05) is 18.2 Å². The maximum absolute atomic E-state index is 12.8. The van der Waals surface area contributed by atoms with Gasteiger partial charge in [0.25, 0.3) is 5.91 Å². The third-order valence-electron chi connectivity index (χ3n) is 3.81. The van der Waals surface area contributed by atoms with Crippen LogP contribution in [0.5, 0.6) is 5.75 Å². The van der Waals surface area contributed by atoms with Gasteiger partial charge in [0.05, 0.1) is 6.54 Å². The molecule has 0 bridgehead atoms. The minimum atomic E-state index is -0.403. The van der Waals surface area contributed by atoms with E-state index >= 15 is 0 Å². The van der Waals surface area contributed by atoms with Crippen molar-refractivity contribution in [2.24, 2.45) is 0 Å². The first-order valence-corrected chi connectivity index (χ1v) is 7.67. The number of fused-ring (bicyclic) bond motifs is 1. The zero-order chi connectivity index (χ0) is 16.9. The van der Waals surface area contributed by atoms with E-state index in [0.717, 1.165) is 17.7 Å². The van der Waals surface area contributed by atoms with Crippen LogP contribution in [-0.2, 0) is 16.0 Å². The maximum atomic E-state index is 12.8. The molecule has 124 valence electrons. The highest BCUT2D eigenvalue weighted by Gasteiger charge is 2.24. The molecule has 1 aliphatic heterocycles. The topological polar surface area (TPSA) is 58.6 Å². The van der Waals surface area contributed by atoms with Crippen molar-refractivity contribution in [2.45, 2.75) is 6.42 Å². The first-order chi connectivity index (χ1) is 11.6. The Kier molecular flexibility index (Phi) is 4.74. The Labute approximate surface area is 139 Å². The van der Waals surface area contributed by atoms with Crippen LogP contribution in [0.4, 0.5) is 10.1 Å². The molecule has 0 unspecified atom stereocenters. The SMILES string of the molecule is O=C(COc1ccc(F)cc1)NCC(=O)N1CCc2ccccc21. The summed E-state index contributed by atoms with van der Waals surface area (Å²) in [7, 11) is 0. The Hall–Kier alpha value is -2.89. The van der Waals surface area contributed by atoms with Gasteiger partial charge in [-0.15, -0.1) is 0 Å². The molecule has 0 fully saturated rings. The highest BCUT2D eigenvalue weighted by molar-refractivity contribution is 5.98.